The lowest BCUT2D eigenvalue weighted by Crippen LogP contribution is -2.32. The number of aromatic nitrogens is 3. The van der Waals surface area contributed by atoms with E-state index >= 15 is 0 Å². The molecular formula is C27H23BrClN5O2. The molecule has 3 aromatic carbocycles. The highest BCUT2D eigenvalue weighted by atomic mass is 79.9. The van der Waals surface area contributed by atoms with E-state index in [9.17, 15) is 4.79 Å². The quantitative estimate of drug-likeness (QED) is 0.279. The number of amides is 1. The maximum atomic E-state index is 13.7. The van der Waals surface area contributed by atoms with Crippen molar-refractivity contribution >= 4 is 45.1 Å². The van der Waals surface area contributed by atoms with Crippen LogP contribution in [0.15, 0.2) is 88.8 Å². The van der Waals surface area contributed by atoms with Crippen LogP contribution in [0.1, 0.15) is 29.7 Å². The molecule has 2 heterocycles. The molecule has 4 aromatic rings. The third-order valence-corrected chi connectivity index (χ3v) is 6.75. The fourth-order valence-corrected chi connectivity index (χ4v) is 4.69. The van der Waals surface area contributed by atoms with E-state index in [1.54, 1.807) is 4.68 Å². The first-order chi connectivity index (χ1) is 17.4. The average molecular weight is 565 g/mol. The molecule has 1 aliphatic rings. The summed E-state index contributed by atoms with van der Waals surface area (Å²) in [5.74, 6) is 0.952. The van der Waals surface area contributed by atoms with E-state index in [1.165, 1.54) is 6.33 Å². The van der Waals surface area contributed by atoms with Crippen LogP contribution < -0.4 is 15.4 Å². The number of para-hydroxylation sites is 1. The molecule has 0 bridgehead atoms. The van der Waals surface area contributed by atoms with E-state index in [0.717, 1.165) is 26.9 Å². The molecule has 0 fully saturated rings. The summed E-state index contributed by atoms with van der Waals surface area (Å²) in [6.07, 6.45) is 1.47. The summed E-state index contributed by atoms with van der Waals surface area (Å²) in [7, 11) is 0. The fraction of sp³-hybridized carbons (Fsp3) is 0.148. The molecule has 0 saturated carbocycles. The van der Waals surface area contributed by atoms with Crippen LogP contribution in [0.3, 0.4) is 0 Å². The first kappa shape index (κ1) is 24.1. The van der Waals surface area contributed by atoms with Gasteiger partial charge in [-0.25, -0.2) is 4.68 Å². The lowest BCUT2D eigenvalue weighted by Gasteiger charge is -2.30. The molecule has 0 spiro atoms. The van der Waals surface area contributed by atoms with Crippen LogP contribution >= 0.6 is 27.5 Å². The van der Waals surface area contributed by atoms with Crippen LogP contribution in [0.25, 0.3) is 0 Å². The van der Waals surface area contributed by atoms with Gasteiger partial charge in [0.05, 0.1) is 5.57 Å². The van der Waals surface area contributed by atoms with Crippen LogP contribution in [0.5, 0.6) is 5.75 Å². The number of nitrogens with zero attached hydrogens (tertiary/aromatic N) is 3. The summed E-state index contributed by atoms with van der Waals surface area (Å²) >= 11 is 9.61. The van der Waals surface area contributed by atoms with Gasteiger partial charge in [-0.2, -0.15) is 10.1 Å². The van der Waals surface area contributed by atoms with E-state index in [4.69, 9.17) is 16.3 Å². The Labute approximate surface area is 222 Å². The summed E-state index contributed by atoms with van der Waals surface area (Å²) in [5.41, 5.74) is 4.69. The third-order valence-electron chi connectivity index (χ3n) is 6.01. The van der Waals surface area contributed by atoms with E-state index in [2.05, 4.69) is 36.6 Å². The summed E-state index contributed by atoms with van der Waals surface area (Å²) in [6, 6.07) is 20.4. The lowest BCUT2D eigenvalue weighted by molar-refractivity contribution is -0.113. The number of halogens is 2. The Bertz CT molecular complexity index is 1470. The Hall–Kier alpha value is -3.62. The van der Waals surface area contributed by atoms with Crippen LogP contribution in [0.2, 0.25) is 5.02 Å². The minimum Gasteiger partial charge on any atom is -0.489 e. The van der Waals surface area contributed by atoms with Gasteiger partial charge in [0.1, 0.15) is 24.7 Å². The first-order valence-corrected chi connectivity index (χ1v) is 12.5. The monoisotopic (exact) mass is 563 g/mol. The molecule has 0 radical (unpaired) electrons. The van der Waals surface area contributed by atoms with Crippen molar-refractivity contribution in [3.05, 3.63) is 111 Å². The number of carbonyl (C=O) groups excluding carboxylic acids is 1. The Morgan fingerprint density at radius 1 is 1.14 bits per heavy atom. The van der Waals surface area contributed by atoms with Crippen LogP contribution in [-0.2, 0) is 11.4 Å². The number of nitrogens with one attached hydrogen (secondary N) is 2. The average Bonchev–Trinajstić information content (AvgIpc) is 3.33. The van der Waals surface area contributed by atoms with Crippen molar-refractivity contribution in [2.75, 3.05) is 10.6 Å². The van der Waals surface area contributed by atoms with Crippen LogP contribution in [-0.4, -0.2) is 20.7 Å². The van der Waals surface area contributed by atoms with Gasteiger partial charge in [0.15, 0.2) is 0 Å². The summed E-state index contributed by atoms with van der Waals surface area (Å²) < 4.78 is 8.82. The minimum atomic E-state index is -0.564. The number of hydrogen-bond acceptors (Lipinski definition) is 5. The number of fused-ring (bicyclic) bond motifs is 1. The topological polar surface area (TPSA) is 81.1 Å². The van der Waals surface area contributed by atoms with E-state index in [-0.39, 0.29) is 5.91 Å². The third kappa shape index (κ3) is 4.87. The maximum absolute atomic E-state index is 13.7. The molecule has 1 aromatic heterocycles. The van der Waals surface area contributed by atoms with Crippen molar-refractivity contribution < 1.29 is 9.53 Å². The number of ether oxygens (including phenoxy) is 1. The molecule has 7 nitrogen and oxygen atoms in total. The van der Waals surface area contributed by atoms with Crippen molar-refractivity contribution in [3.8, 4) is 5.75 Å². The number of aryl methyl sites for hydroxylation is 1. The smallest absolute Gasteiger partial charge is 0.255 e. The summed E-state index contributed by atoms with van der Waals surface area (Å²) in [5, 5.41) is 11.4. The molecule has 5 rings (SSSR count). The number of carbonyl (C=O) groups is 1. The molecule has 1 unspecified atom stereocenters. The Kier molecular flexibility index (Phi) is 6.80. The maximum Gasteiger partial charge on any atom is 0.255 e. The molecule has 36 heavy (non-hydrogen) atoms. The first-order valence-electron chi connectivity index (χ1n) is 11.3. The summed E-state index contributed by atoms with van der Waals surface area (Å²) in [4.78, 5) is 18.1. The molecule has 0 saturated heterocycles. The number of rotatable bonds is 6. The number of allylic oxidation sites excluding steroid dienone is 1. The van der Waals surface area contributed by atoms with Crippen molar-refractivity contribution in [1.29, 1.82) is 0 Å². The van der Waals surface area contributed by atoms with Crippen molar-refractivity contribution in [2.45, 2.75) is 26.5 Å². The number of anilines is 2. The SMILES string of the molecule is CC1=C(C(=O)Nc2ccccc2C)C(c2cc(Br)ccc2OCc2ccc(Cl)cc2)n2ncnc2N1. The van der Waals surface area contributed by atoms with E-state index in [0.29, 0.717) is 34.6 Å². The van der Waals surface area contributed by atoms with Gasteiger partial charge in [-0.1, -0.05) is 57.9 Å². The highest BCUT2D eigenvalue weighted by Gasteiger charge is 2.35. The zero-order chi connectivity index (χ0) is 25.2. The predicted octanol–water partition coefficient (Wildman–Crippen LogP) is 6.51. The standard InChI is InChI=1S/C27H23BrClN5O2/c1-16-5-3-4-6-22(16)33-26(35)24-17(2)32-27-30-15-31-34(27)25(24)21-13-19(28)9-12-23(21)36-14-18-7-10-20(29)11-8-18/h3-13,15,25H,14H2,1-2H3,(H,33,35)(H,30,31,32). The molecule has 1 aliphatic heterocycles. The van der Waals surface area contributed by atoms with E-state index < -0.39 is 6.04 Å². The van der Waals surface area contributed by atoms with Crippen LogP contribution in [0, 0.1) is 6.92 Å². The van der Waals surface area contributed by atoms with Gasteiger partial charge in [0.25, 0.3) is 5.91 Å². The number of hydrogen-bond donors (Lipinski definition) is 2. The Morgan fingerprint density at radius 2 is 1.92 bits per heavy atom. The zero-order valence-electron chi connectivity index (χ0n) is 19.6. The highest BCUT2D eigenvalue weighted by Crippen LogP contribution is 2.40. The number of benzene rings is 3. The second-order valence-electron chi connectivity index (χ2n) is 8.46. The molecule has 9 heteroatoms. The molecule has 1 atom stereocenters. The van der Waals surface area contributed by atoms with Crippen molar-refractivity contribution in [3.63, 3.8) is 0 Å². The molecule has 182 valence electrons. The van der Waals surface area contributed by atoms with Gasteiger partial charge in [-0.3, -0.25) is 4.79 Å². The van der Waals surface area contributed by atoms with Gasteiger partial charge in [0.2, 0.25) is 5.95 Å². The molecule has 1 amide bonds. The second-order valence-corrected chi connectivity index (χ2v) is 9.81. The molecular weight excluding hydrogens is 542 g/mol. The van der Waals surface area contributed by atoms with Crippen molar-refractivity contribution in [2.24, 2.45) is 0 Å². The minimum absolute atomic E-state index is 0.232. The summed E-state index contributed by atoms with van der Waals surface area (Å²) in [6.45, 7) is 4.17. The second kappa shape index (κ2) is 10.2. The highest BCUT2D eigenvalue weighted by molar-refractivity contribution is 9.10. The van der Waals surface area contributed by atoms with Gasteiger partial charge in [0, 0.05) is 26.4 Å². The van der Waals surface area contributed by atoms with Gasteiger partial charge in [-0.15, -0.1) is 0 Å². The predicted molar refractivity (Wildman–Crippen MR) is 144 cm³/mol. The van der Waals surface area contributed by atoms with Crippen molar-refractivity contribution in [1.82, 2.24) is 14.8 Å². The lowest BCUT2D eigenvalue weighted by atomic mass is 9.94. The van der Waals surface area contributed by atoms with E-state index in [1.807, 2.05) is 80.6 Å². The van der Waals surface area contributed by atoms with Crippen LogP contribution in [0.4, 0.5) is 11.6 Å². The zero-order valence-corrected chi connectivity index (χ0v) is 22.0. The Morgan fingerprint density at radius 3 is 2.69 bits per heavy atom. The molecule has 0 aliphatic carbocycles. The largest absolute Gasteiger partial charge is 0.489 e. The normalized spacial score (nSPS) is 14.7. The van der Waals surface area contributed by atoms with Gasteiger partial charge >= 0.3 is 0 Å². The fourth-order valence-electron chi connectivity index (χ4n) is 4.18. The Balaban J connectivity index is 1.55. The van der Waals surface area contributed by atoms with Gasteiger partial charge < -0.3 is 15.4 Å². The van der Waals surface area contributed by atoms with Gasteiger partial charge in [-0.05, 0) is 61.4 Å². The molecule has 2 N–H and O–H groups in total.